The van der Waals surface area contributed by atoms with Crippen LogP contribution in [0, 0.1) is 0 Å². The topological polar surface area (TPSA) is 71.1 Å². The molecule has 4 aromatic rings. The minimum absolute atomic E-state index is 0.0549. The van der Waals surface area contributed by atoms with E-state index >= 15 is 0 Å². The SMILES string of the molecule is CCC1c2cc(OC(=O)c3ccc(OC(C)C)cc3)ccc2-c2ccc(OC(=O)c3ccc(OC(C)(C)C)cc3)cc21. The first-order valence-corrected chi connectivity index (χ1v) is 14.3. The molecule has 0 saturated heterocycles. The predicted octanol–water partition coefficient (Wildman–Crippen LogP) is 8.61. The lowest BCUT2D eigenvalue weighted by Gasteiger charge is -2.21. The molecule has 5 rings (SSSR count). The number of ether oxygens (including phenoxy) is 4. The van der Waals surface area contributed by atoms with E-state index in [9.17, 15) is 9.59 Å². The second kappa shape index (κ2) is 11.7. The highest BCUT2D eigenvalue weighted by Gasteiger charge is 2.29. The van der Waals surface area contributed by atoms with Gasteiger partial charge in [0.15, 0.2) is 0 Å². The van der Waals surface area contributed by atoms with E-state index in [1.54, 1.807) is 48.5 Å². The highest BCUT2D eigenvalue weighted by molar-refractivity contribution is 5.92. The summed E-state index contributed by atoms with van der Waals surface area (Å²) in [5.41, 5.74) is 4.90. The van der Waals surface area contributed by atoms with Crippen molar-refractivity contribution in [1.29, 1.82) is 0 Å². The summed E-state index contributed by atoms with van der Waals surface area (Å²) >= 11 is 0. The molecule has 0 saturated carbocycles. The van der Waals surface area contributed by atoms with Crippen LogP contribution >= 0.6 is 0 Å². The third-order valence-corrected chi connectivity index (χ3v) is 6.89. The number of hydrogen-bond donors (Lipinski definition) is 0. The van der Waals surface area contributed by atoms with Crippen molar-refractivity contribution < 1.29 is 28.5 Å². The van der Waals surface area contributed by atoms with Gasteiger partial charge in [-0.25, -0.2) is 9.59 Å². The number of esters is 2. The van der Waals surface area contributed by atoms with Crippen LogP contribution in [0.15, 0.2) is 84.9 Å². The fraction of sp³-hybridized carbons (Fsp3) is 0.278. The average molecular weight is 565 g/mol. The third kappa shape index (κ3) is 6.49. The van der Waals surface area contributed by atoms with Gasteiger partial charge < -0.3 is 18.9 Å². The van der Waals surface area contributed by atoms with E-state index < -0.39 is 11.9 Å². The monoisotopic (exact) mass is 564 g/mol. The Balaban J connectivity index is 1.30. The fourth-order valence-corrected chi connectivity index (χ4v) is 5.17. The quantitative estimate of drug-likeness (QED) is 0.158. The lowest BCUT2D eigenvalue weighted by molar-refractivity contribution is 0.0725. The first kappa shape index (κ1) is 28.9. The van der Waals surface area contributed by atoms with Crippen LogP contribution in [0.2, 0.25) is 0 Å². The van der Waals surface area contributed by atoms with Gasteiger partial charge in [0.2, 0.25) is 0 Å². The number of hydrogen-bond acceptors (Lipinski definition) is 6. The van der Waals surface area contributed by atoms with Crippen LogP contribution in [0.1, 0.15) is 85.7 Å². The van der Waals surface area contributed by atoms with Crippen molar-refractivity contribution in [3.63, 3.8) is 0 Å². The Morgan fingerprint density at radius 2 is 1.10 bits per heavy atom. The van der Waals surface area contributed by atoms with Gasteiger partial charge in [-0.3, -0.25) is 0 Å². The Bertz CT molecular complexity index is 1590. The van der Waals surface area contributed by atoms with Crippen LogP contribution in [-0.4, -0.2) is 23.6 Å². The molecule has 0 fully saturated rings. The predicted molar refractivity (Wildman–Crippen MR) is 163 cm³/mol. The van der Waals surface area contributed by atoms with E-state index in [0.29, 0.717) is 34.1 Å². The fourth-order valence-electron chi connectivity index (χ4n) is 5.17. The Kier molecular flexibility index (Phi) is 8.08. The standard InChI is InChI=1S/C36H36O6/c1-7-29-32-20-27(40-34(37)23-8-12-25(13-9-23)39-22(2)3)16-18-30(32)31-19-17-28(21-33(29)31)41-35(38)24-10-14-26(15-11-24)42-36(4,5)6/h8-22,29H,7H2,1-6H3. The van der Waals surface area contributed by atoms with E-state index in [1.165, 1.54) is 0 Å². The van der Waals surface area contributed by atoms with Crippen LogP contribution < -0.4 is 18.9 Å². The summed E-state index contributed by atoms with van der Waals surface area (Å²) in [7, 11) is 0. The lowest BCUT2D eigenvalue weighted by Crippen LogP contribution is -2.22. The molecule has 0 heterocycles. The van der Waals surface area contributed by atoms with Gasteiger partial charge in [-0.1, -0.05) is 19.1 Å². The van der Waals surface area contributed by atoms with Gasteiger partial charge in [0.25, 0.3) is 0 Å². The minimum atomic E-state index is -0.432. The van der Waals surface area contributed by atoms with E-state index in [4.69, 9.17) is 18.9 Å². The maximum atomic E-state index is 12.9. The highest BCUT2D eigenvalue weighted by Crippen LogP contribution is 2.48. The van der Waals surface area contributed by atoms with Crippen molar-refractivity contribution in [2.45, 2.75) is 65.6 Å². The number of benzene rings is 4. The zero-order chi connectivity index (χ0) is 30.0. The molecular formula is C36H36O6. The van der Waals surface area contributed by atoms with Gasteiger partial charge >= 0.3 is 11.9 Å². The van der Waals surface area contributed by atoms with Crippen molar-refractivity contribution in [3.05, 3.63) is 107 Å². The minimum Gasteiger partial charge on any atom is -0.491 e. The van der Waals surface area contributed by atoms with Crippen LogP contribution in [0.3, 0.4) is 0 Å². The molecule has 0 bridgehead atoms. The van der Waals surface area contributed by atoms with Gasteiger partial charge in [0, 0.05) is 5.92 Å². The van der Waals surface area contributed by atoms with Crippen molar-refractivity contribution >= 4 is 11.9 Å². The molecule has 1 unspecified atom stereocenters. The van der Waals surface area contributed by atoms with Crippen molar-refractivity contribution in [1.82, 2.24) is 0 Å². The van der Waals surface area contributed by atoms with E-state index in [0.717, 1.165) is 28.7 Å². The molecule has 6 heteroatoms. The van der Waals surface area contributed by atoms with E-state index in [2.05, 4.69) is 6.92 Å². The van der Waals surface area contributed by atoms with E-state index in [1.807, 2.05) is 71.0 Å². The molecule has 0 aromatic heterocycles. The first-order chi connectivity index (χ1) is 20.0. The Morgan fingerprint density at radius 3 is 1.50 bits per heavy atom. The molecule has 1 aliphatic carbocycles. The smallest absolute Gasteiger partial charge is 0.343 e. The molecule has 6 nitrogen and oxygen atoms in total. The summed E-state index contributed by atoms with van der Waals surface area (Å²) in [6.45, 7) is 11.9. The second-order valence-corrected chi connectivity index (χ2v) is 11.7. The summed E-state index contributed by atoms with van der Waals surface area (Å²) in [6, 6.07) is 25.4. The lowest BCUT2D eigenvalue weighted by atomic mass is 9.94. The largest absolute Gasteiger partial charge is 0.491 e. The molecule has 1 atom stereocenters. The molecule has 42 heavy (non-hydrogen) atoms. The Hall–Kier alpha value is -4.58. The Labute approximate surface area is 247 Å². The maximum absolute atomic E-state index is 12.9. The van der Waals surface area contributed by atoms with Crippen LogP contribution in [0.4, 0.5) is 0 Å². The maximum Gasteiger partial charge on any atom is 0.343 e. The zero-order valence-corrected chi connectivity index (χ0v) is 24.9. The molecule has 0 radical (unpaired) electrons. The molecule has 0 aliphatic heterocycles. The normalized spacial score (nSPS) is 13.7. The van der Waals surface area contributed by atoms with Crippen LogP contribution in [-0.2, 0) is 0 Å². The molecule has 0 amide bonds. The van der Waals surface area contributed by atoms with Crippen LogP contribution in [0.25, 0.3) is 11.1 Å². The van der Waals surface area contributed by atoms with Gasteiger partial charge in [0.1, 0.15) is 28.6 Å². The van der Waals surface area contributed by atoms with Crippen LogP contribution in [0.5, 0.6) is 23.0 Å². The highest BCUT2D eigenvalue weighted by atomic mass is 16.5. The van der Waals surface area contributed by atoms with Gasteiger partial charge in [0.05, 0.1) is 17.2 Å². The van der Waals surface area contributed by atoms with Crippen molar-refractivity contribution in [2.24, 2.45) is 0 Å². The molecular weight excluding hydrogens is 528 g/mol. The summed E-state index contributed by atoms with van der Waals surface area (Å²) in [6.07, 6.45) is 0.890. The summed E-state index contributed by atoms with van der Waals surface area (Å²) < 4.78 is 23.0. The number of rotatable bonds is 8. The number of fused-ring (bicyclic) bond motifs is 3. The van der Waals surface area contributed by atoms with E-state index in [-0.39, 0.29) is 17.6 Å². The average Bonchev–Trinajstić information content (AvgIpc) is 3.24. The Morgan fingerprint density at radius 1 is 0.667 bits per heavy atom. The molecule has 0 N–H and O–H groups in total. The summed E-state index contributed by atoms with van der Waals surface area (Å²) in [5, 5.41) is 0. The van der Waals surface area contributed by atoms with Gasteiger partial charge in [-0.05, 0) is 136 Å². The number of carbonyl (C=O) groups is 2. The summed E-state index contributed by atoms with van der Waals surface area (Å²) in [4.78, 5) is 25.7. The molecule has 0 spiro atoms. The second-order valence-electron chi connectivity index (χ2n) is 11.7. The first-order valence-electron chi connectivity index (χ1n) is 14.3. The molecule has 216 valence electrons. The van der Waals surface area contributed by atoms with Crippen molar-refractivity contribution in [2.75, 3.05) is 0 Å². The summed E-state index contributed by atoms with van der Waals surface area (Å²) in [5.74, 6) is 1.58. The van der Waals surface area contributed by atoms with Gasteiger partial charge in [-0.15, -0.1) is 0 Å². The third-order valence-electron chi connectivity index (χ3n) is 6.89. The molecule has 4 aromatic carbocycles. The zero-order valence-electron chi connectivity index (χ0n) is 24.9. The molecule has 1 aliphatic rings. The van der Waals surface area contributed by atoms with Gasteiger partial charge in [-0.2, -0.15) is 0 Å². The van der Waals surface area contributed by atoms with Crippen molar-refractivity contribution in [3.8, 4) is 34.1 Å². The number of carbonyl (C=O) groups excluding carboxylic acids is 2.